The molecule has 1 amide bonds. The molecule has 1 aliphatic carbocycles. The highest BCUT2D eigenvalue weighted by molar-refractivity contribution is 7.89. The molecule has 170 valence electrons. The number of hydrogen-bond acceptors (Lipinski definition) is 4. The van der Waals surface area contributed by atoms with Crippen molar-refractivity contribution in [2.75, 3.05) is 11.4 Å². The first kappa shape index (κ1) is 21.7. The summed E-state index contributed by atoms with van der Waals surface area (Å²) in [6.45, 7) is 2.17. The van der Waals surface area contributed by atoms with Crippen LogP contribution >= 0.6 is 0 Å². The lowest BCUT2D eigenvalue weighted by molar-refractivity contribution is 0.0951. The second-order valence-electron chi connectivity index (χ2n) is 8.71. The number of amides is 1. The van der Waals surface area contributed by atoms with Gasteiger partial charge in [0.15, 0.2) is 0 Å². The Morgan fingerprint density at radius 1 is 0.909 bits per heavy atom. The van der Waals surface area contributed by atoms with Crippen molar-refractivity contribution in [2.24, 2.45) is 0 Å². The van der Waals surface area contributed by atoms with Gasteiger partial charge in [0.2, 0.25) is 10.0 Å². The van der Waals surface area contributed by atoms with Gasteiger partial charge in [-0.25, -0.2) is 13.1 Å². The van der Waals surface area contributed by atoms with Crippen molar-refractivity contribution in [2.45, 2.75) is 43.3 Å². The predicted molar refractivity (Wildman–Crippen MR) is 129 cm³/mol. The van der Waals surface area contributed by atoms with Gasteiger partial charge in [0, 0.05) is 36.9 Å². The van der Waals surface area contributed by atoms with Crippen LogP contribution in [0.15, 0.2) is 77.7 Å². The Kier molecular flexibility index (Phi) is 5.91. The Labute approximate surface area is 194 Å². The van der Waals surface area contributed by atoms with E-state index in [1.54, 1.807) is 24.3 Å². The monoisotopic (exact) mass is 461 g/mol. The Bertz CT molecular complexity index is 1250. The number of benzene rings is 3. The van der Waals surface area contributed by atoms with Gasteiger partial charge in [-0.3, -0.25) is 4.79 Å². The number of fused-ring (bicyclic) bond motifs is 1. The van der Waals surface area contributed by atoms with Crippen molar-refractivity contribution in [1.29, 1.82) is 0 Å². The number of carbonyl (C=O) groups excluding carboxylic acids is 1. The zero-order chi connectivity index (χ0) is 22.8. The number of hydrogen-bond donors (Lipinski definition) is 2. The van der Waals surface area contributed by atoms with Gasteiger partial charge in [0.1, 0.15) is 0 Å². The molecule has 0 spiro atoms. The van der Waals surface area contributed by atoms with E-state index in [4.69, 9.17) is 0 Å². The number of anilines is 1. The van der Waals surface area contributed by atoms with Crippen LogP contribution in [-0.2, 0) is 29.5 Å². The van der Waals surface area contributed by atoms with Crippen molar-refractivity contribution < 1.29 is 13.2 Å². The van der Waals surface area contributed by atoms with E-state index in [1.807, 2.05) is 24.3 Å². The van der Waals surface area contributed by atoms with Crippen molar-refractivity contribution in [3.05, 3.63) is 95.1 Å². The third kappa shape index (κ3) is 5.10. The molecule has 0 atom stereocenters. The molecule has 1 heterocycles. The Morgan fingerprint density at radius 2 is 1.61 bits per heavy atom. The largest absolute Gasteiger partial charge is 0.367 e. The summed E-state index contributed by atoms with van der Waals surface area (Å²) in [4.78, 5) is 15.2. The molecule has 3 aromatic rings. The van der Waals surface area contributed by atoms with Crippen LogP contribution in [0.25, 0.3) is 0 Å². The molecule has 3 aromatic carbocycles. The van der Waals surface area contributed by atoms with E-state index in [0.29, 0.717) is 12.1 Å². The summed E-state index contributed by atoms with van der Waals surface area (Å²) in [6, 6.07) is 22.9. The average Bonchev–Trinajstić information content (AvgIpc) is 3.66. The summed E-state index contributed by atoms with van der Waals surface area (Å²) in [7, 11) is -3.46. The molecule has 6 nitrogen and oxygen atoms in total. The highest BCUT2D eigenvalue weighted by Gasteiger charge is 2.27. The molecule has 33 heavy (non-hydrogen) atoms. The number of carbonyl (C=O) groups is 1. The van der Waals surface area contributed by atoms with Crippen molar-refractivity contribution in [3.63, 3.8) is 0 Å². The van der Waals surface area contributed by atoms with E-state index in [2.05, 4.69) is 39.2 Å². The minimum Gasteiger partial charge on any atom is -0.367 e. The molecule has 0 saturated heterocycles. The molecule has 1 aliphatic heterocycles. The molecular formula is C26H27N3O3S. The molecule has 0 aromatic heterocycles. The lowest BCUT2D eigenvalue weighted by Gasteiger charge is -2.30. The van der Waals surface area contributed by atoms with Gasteiger partial charge < -0.3 is 10.2 Å². The van der Waals surface area contributed by atoms with Gasteiger partial charge in [0.25, 0.3) is 5.91 Å². The summed E-state index contributed by atoms with van der Waals surface area (Å²) >= 11 is 0. The average molecular weight is 462 g/mol. The van der Waals surface area contributed by atoms with Gasteiger partial charge in [-0.1, -0.05) is 36.4 Å². The number of sulfonamides is 1. The molecule has 0 radical (unpaired) electrons. The van der Waals surface area contributed by atoms with E-state index >= 15 is 0 Å². The van der Waals surface area contributed by atoms with E-state index in [-0.39, 0.29) is 16.8 Å². The second-order valence-corrected chi connectivity index (χ2v) is 10.4. The normalized spacial score (nSPS) is 15.7. The molecule has 1 fully saturated rings. The molecule has 0 unspecified atom stereocenters. The van der Waals surface area contributed by atoms with Crippen LogP contribution in [0.4, 0.5) is 5.69 Å². The lowest BCUT2D eigenvalue weighted by atomic mass is 9.99. The minimum atomic E-state index is -3.46. The maximum atomic E-state index is 12.6. The summed E-state index contributed by atoms with van der Waals surface area (Å²) in [6.07, 6.45) is 2.82. The zero-order valence-corrected chi connectivity index (χ0v) is 19.1. The minimum absolute atomic E-state index is 0.0751. The van der Waals surface area contributed by atoms with Crippen LogP contribution in [0.3, 0.4) is 0 Å². The van der Waals surface area contributed by atoms with Gasteiger partial charge in [-0.2, -0.15) is 0 Å². The van der Waals surface area contributed by atoms with Gasteiger partial charge in [0.05, 0.1) is 4.90 Å². The molecule has 2 N–H and O–H groups in total. The fourth-order valence-corrected chi connectivity index (χ4v) is 5.40. The summed E-state index contributed by atoms with van der Waals surface area (Å²) in [5, 5.41) is 2.91. The van der Waals surface area contributed by atoms with Gasteiger partial charge in [-0.05, 0) is 72.4 Å². The standard InChI is InChI=1S/C26H27N3O3S/c30-26(27-17-19-5-13-25(14-6-19)33(31,32)28-23-9-10-23)21-7-11-24(12-8-21)29-16-15-20-3-1-2-4-22(20)18-29/h1-8,11-14,23,28H,9-10,15-18H2,(H,27,30). The maximum Gasteiger partial charge on any atom is 0.251 e. The van der Waals surface area contributed by atoms with Crippen LogP contribution in [0.5, 0.6) is 0 Å². The SMILES string of the molecule is O=C(NCc1ccc(S(=O)(=O)NC2CC2)cc1)c1ccc(N2CCc3ccccc3C2)cc1. The molecule has 5 rings (SSSR count). The number of nitrogens with one attached hydrogen (secondary N) is 2. The van der Waals surface area contributed by atoms with Gasteiger partial charge >= 0.3 is 0 Å². The van der Waals surface area contributed by atoms with E-state index in [1.165, 1.54) is 11.1 Å². The summed E-state index contributed by atoms with van der Waals surface area (Å²) in [5.41, 5.74) is 5.32. The predicted octanol–water partition coefficient (Wildman–Crippen LogP) is 3.62. The van der Waals surface area contributed by atoms with Gasteiger partial charge in [-0.15, -0.1) is 0 Å². The molecule has 2 aliphatic rings. The number of nitrogens with zero attached hydrogens (tertiary/aromatic N) is 1. The van der Waals surface area contributed by atoms with Crippen LogP contribution in [0.1, 0.15) is 39.9 Å². The smallest absolute Gasteiger partial charge is 0.251 e. The highest BCUT2D eigenvalue weighted by atomic mass is 32.2. The lowest BCUT2D eigenvalue weighted by Crippen LogP contribution is -2.30. The fourth-order valence-electron chi connectivity index (χ4n) is 4.10. The van der Waals surface area contributed by atoms with Crippen molar-refractivity contribution >= 4 is 21.6 Å². The molecule has 7 heteroatoms. The number of rotatable bonds is 7. The van der Waals surface area contributed by atoms with Crippen LogP contribution in [0.2, 0.25) is 0 Å². The first-order chi connectivity index (χ1) is 16.0. The van der Waals surface area contributed by atoms with E-state index < -0.39 is 10.0 Å². The maximum absolute atomic E-state index is 12.6. The van der Waals surface area contributed by atoms with E-state index in [0.717, 1.165) is 43.6 Å². The highest BCUT2D eigenvalue weighted by Crippen LogP contribution is 2.25. The molecule has 0 bridgehead atoms. The summed E-state index contributed by atoms with van der Waals surface area (Å²) in [5.74, 6) is -0.155. The Hall–Kier alpha value is -3.16. The van der Waals surface area contributed by atoms with Crippen molar-refractivity contribution in [3.8, 4) is 0 Å². The first-order valence-corrected chi connectivity index (χ1v) is 12.8. The quantitative estimate of drug-likeness (QED) is 0.563. The molecule has 1 saturated carbocycles. The topological polar surface area (TPSA) is 78.5 Å². The first-order valence-electron chi connectivity index (χ1n) is 11.3. The van der Waals surface area contributed by atoms with Crippen LogP contribution in [0, 0.1) is 0 Å². The zero-order valence-electron chi connectivity index (χ0n) is 18.3. The Balaban J connectivity index is 1.17. The van der Waals surface area contributed by atoms with Crippen LogP contribution in [-0.4, -0.2) is 26.9 Å². The fraction of sp³-hybridized carbons (Fsp3) is 0.269. The second kappa shape index (κ2) is 9.00. The van der Waals surface area contributed by atoms with Crippen molar-refractivity contribution in [1.82, 2.24) is 10.0 Å². The third-order valence-electron chi connectivity index (χ3n) is 6.21. The van der Waals surface area contributed by atoms with E-state index in [9.17, 15) is 13.2 Å². The molecular weight excluding hydrogens is 434 g/mol. The Morgan fingerprint density at radius 3 is 2.30 bits per heavy atom. The third-order valence-corrected chi connectivity index (χ3v) is 7.75. The van der Waals surface area contributed by atoms with Crippen LogP contribution < -0.4 is 14.9 Å². The summed E-state index contributed by atoms with van der Waals surface area (Å²) < 4.78 is 27.2.